The molecule has 1 aromatic heterocycles. The Bertz CT molecular complexity index is 1240. The number of furan rings is 1. The molecular formula is C26H23N3O3. The van der Waals surface area contributed by atoms with Crippen molar-refractivity contribution in [3.8, 4) is 11.8 Å². The summed E-state index contributed by atoms with van der Waals surface area (Å²) in [7, 11) is 0. The minimum atomic E-state index is -0.441. The highest BCUT2D eigenvalue weighted by molar-refractivity contribution is 6.00. The molecule has 0 radical (unpaired) electrons. The molecule has 2 amide bonds. The molecule has 0 saturated carbocycles. The molecule has 0 atom stereocenters. The molecule has 2 aromatic carbocycles. The van der Waals surface area contributed by atoms with Gasteiger partial charge >= 0.3 is 0 Å². The van der Waals surface area contributed by atoms with Gasteiger partial charge in [-0.2, -0.15) is 0 Å². The number of hydrogen-bond donors (Lipinski definition) is 2. The van der Waals surface area contributed by atoms with Crippen LogP contribution in [0.3, 0.4) is 0 Å². The monoisotopic (exact) mass is 425 g/mol. The Morgan fingerprint density at radius 1 is 1.06 bits per heavy atom. The van der Waals surface area contributed by atoms with Crippen molar-refractivity contribution < 1.29 is 14.0 Å². The van der Waals surface area contributed by atoms with Gasteiger partial charge in [-0.3, -0.25) is 9.59 Å². The van der Waals surface area contributed by atoms with E-state index in [9.17, 15) is 9.59 Å². The maximum Gasteiger partial charge on any atom is 0.289 e. The van der Waals surface area contributed by atoms with E-state index in [1.165, 1.54) is 0 Å². The first-order valence-corrected chi connectivity index (χ1v) is 10.7. The third-order valence-corrected chi connectivity index (χ3v) is 6.26. The first kappa shape index (κ1) is 20.1. The molecule has 6 heteroatoms. The van der Waals surface area contributed by atoms with Crippen LogP contribution in [0.1, 0.15) is 56.2 Å². The molecule has 3 N–H and O–H groups in total. The minimum absolute atomic E-state index is 0.0592. The number of rotatable bonds is 2. The van der Waals surface area contributed by atoms with E-state index < -0.39 is 5.54 Å². The van der Waals surface area contributed by atoms with Gasteiger partial charge in [0.25, 0.3) is 11.8 Å². The summed E-state index contributed by atoms with van der Waals surface area (Å²) in [6.07, 6.45) is 1.29. The van der Waals surface area contributed by atoms with Gasteiger partial charge in [-0.15, -0.1) is 0 Å². The van der Waals surface area contributed by atoms with E-state index in [0.717, 1.165) is 16.7 Å². The van der Waals surface area contributed by atoms with Crippen molar-refractivity contribution >= 4 is 11.8 Å². The molecule has 160 valence electrons. The summed E-state index contributed by atoms with van der Waals surface area (Å²) in [5.41, 5.74) is 8.94. The fourth-order valence-electron chi connectivity index (χ4n) is 4.48. The summed E-state index contributed by atoms with van der Waals surface area (Å²) >= 11 is 0. The number of carbonyl (C=O) groups excluding carboxylic acids is 2. The number of hydrogen-bond acceptors (Lipinski definition) is 4. The molecule has 3 aromatic rings. The number of fused-ring (bicyclic) bond motifs is 2. The Kier molecular flexibility index (Phi) is 5.04. The maximum atomic E-state index is 13.0. The van der Waals surface area contributed by atoms with Crippen LogP contribution in [0.25, 0.3) is 0 Å². The number of nitrogens with zero attached hydrogens (tertiary/aromatic N) is 1. The van der Waals surface area contributed by atoms with Crippen molar-refractivity contribution in [1.29, 1.82) is 0 Å². The second-order valence-corrected chi connectivity index (χ2v) is 8.19. The van der Waals surface area contributed by atoms with Gasteiger partial charge in [0.1, 0.15) is 0 Å². The van der Waals surface area contributed by atoms with E-state index in [0.29, 0.717) is 43.8 Å². The van der Waals surface area contributed by atoms with Gasteiger partial charge in [0.15, 0.2) is 11.5 Å². The fraction of sp³-hybridized carbons (Fsp3) is 0.231. The zero-order valence-corrected chi connectivity index (χ0v) is 17.6. The van der Waals surface area contributed by atoms with Gasteiger partial charge in [-0.25, -0.2) is 0 Å². The Hall–Kier alpha value is -3.82. The van der Waals surface area contributed by atoms with Crippen LogP contribution in [0, 0.1) is 11.8 Å². The van der Waals surface area contributed by atoms with Crippen LogP contribution in [0.5, 0.6) is 0 Å². The summed E-state index contributed by atoms with van der Waals surface area (Å²) in [6.45, 7) is 1.48. The second kappa shape index (κ2) is 8.03. The summed E-state index contributed by atoms with van der Waals surface area (Å²) in [5.74, 6) is 6.51. The van der Waals surface area contributed by atoms with Crippen molar-refractivity contribution in [2.45, 2.75) is 24.9 Å². The number of piperidine rings is 1. The molecular weight excluding hydrogens is 402 g/mol. The molecule has 32 heavy (non-hydrogen) atoms. The lowest BCUT2D eigenvalue weighted by atomic mass is 9.81. The van der Waals surface area contributed by atoms with Crippen molar-refractivity contribution in [2.24, 2.45) is 5.73 Å². The largest absolute Gasteiger partial charge is 0.443 e. The lowest BCUT2D eigenvalue weighted by Gasteiger charge is -2.39. The van der Waals surface area contributed by atoms with E-state index in [1.807, 2.05) is 48.5 Å². The molecule has 1 saturated heterocycles. The Labute approximate surface area is 186 Å². The quantitative estimate of drug-likeness (QED) is 0.618. The molecule has 6 nitrogen and oxygen atoms in total. The summed E-state index contributed by atoms with van der Waals surface area (Å²) in [5, 5.41) is 3.16. The number of likely N-dealkylation sites (tertiary alicyclic amines) is 1. The van der Waals surface area contributed by atoms with Gasteiger partial charge < -0.3 is 20.4 Å². The summed E-state index contributed by atoms with van der Waals surface area (Å²) < 4.78 is 5.69. The van der Waals surface area contributed by atoms with Gasteiger partial charge in [0.05, 0.1) is 5.54 Å². The highest BCUT2D eigenvalue weighted by atomic mass is 16.3. The van der Waals surface area contributed by atoms with E-state index in [4.69, 9.17) is 10.2 Å². The van der Waals surface area contributed by atoms with Gasteiger partial charge in [-0.1, -0.05) is 36.3 Å². The standard InChI is InChI=1S/C26H23N3O3/c27-17-19-7-10-21-22(16-19)26(28-24(21)30)12-14-29(15-13-26)25(31)23-11-9-20(32-23)8-6-18-4-2-1-3-5-18/h1-5,7,9-11,16H,12-15,17,27H2,(H,28,30). The first-order chi connectivity index (χ1) is 15.6. The first-order valence-electron chi connectivity index (χ1n) is 10.7. The molecule has 0 aliphatic carbocycles. The normalized spacial score (nSPS) is 16.3. The second-order valence-electron chi connectivity index (χ2n) is 8.19. The SMILES string of the molecule is NCc1ccc2c(c1)C1(CCN(C(=O)c3ccc(C#Cc4ccccc4)o3)CC1)NC2=O. The molecule has 0 unspecified atom stereocenters. The van der Waals surface area contributed by atoms with Crippen LogP contribution in [-0.4, -0.2) is 29.8 Å². The molecule has 2 aliphatic rings. The minimum Gasteiger partial charge on any atom is -0.443 e. The van der Waals surface area contributed by atoms with Crippen molar-refractivity contribution in [3.05, 3.63) is 94.4 Å². The predicted molar refractivity (Wildman–Crippen MR) is 120 cm³/mol. The highest BCUT2D eigenvalue weighted by Crippen LogP contribution is 2.40. The van der Waals surface area contributed by atoms with Gasteiger partial charge in [-0.05, 0) is 60.2 Å². The number of amides is 2. The molecule has 3 heterocycles. The summed E-state index contributed by atoms with van der Waals surface area (Å²) in [6, 6.07) is 18.8. The average molecular weight is 425 g/mol. The lowest BCUT2D eigenvalue weighted by molar-refractivity contribution is 0.0606. The average Bonchev–Trinajstić information content (AvgIpc) is 3.41. The molecule has 1 fully saturated rings. The van der Waals surface area contributed by atoms with Crippen molar-refractivity contribution in [2.75, 3.05) is 13.1 Å². The molecule has 2 aliphatic heterocycles. The smallest absolute Gasteiger partial charge is 0.289 e. The zero-order chi connectivity index (χ0) is 22.1. The third-order valence-electron chi connectivity index (χ3n) is 6.26. The van der Waals surface area contributed by atoms with E-state index >= 15 is 0 Å². The van der Waals surface area contributed by atoms with Crippen LogP contribution in [0.4, 0.5) is 0 Å². The van der Waals surface area contributed by atoms with E-state index in [2.05, 4.69) is 17.2 Å². The van der Waals surface area contributed by atoms with E-state index in [1.54, 1.807) is 17.0 Å². The maximum absolute atomic E-state index is 13.0. The van der Waals surface area contributed by atoms with Crippen LogP contribution in [-0.2, 0) is 12.1 Å². The van der Waals surface area contributed by atoms with Crippen LogP contribution < -0.4 is 11.1 Å². The highest BCUT2D eigenvalue weighted by Gasteiger charge is 2.45. The third kappa shape index (κ3) is 3.57. The van der Waals surface area contributed by atoms with Gasteiger partial charge in [0, 0.05) is 30.8 Å². The molecule has 5 rings (SSSR count). The van der Waals surface area contributed by atoms with Crippen molar-refractivity contribution in [3.63, 3.8) is 0 Å². The number of carbonyl (C=O) groups is 2. The van der Waals surface area contributed by atoms with Crippen molar-refractivity contribution in [1.82, 2.24) is 10.2 Å². The van der Waals surface area contributed by atoms with Crippen LogP contribution in [0.2, 0.25) is 0 Å². The number of nitrogens with two attached hydrogens (primary N) is 1. The van der Waals surface area contributed by atoms with Crippen LogP contribution >= 0.6 is 0 Å². The fourth-order valence-corrected chi connectivity index (χ4v) is 4.48. The van der Waals surface area contributed by atoms with Crippen LogP contribution in [0.15, 0.2) is 65.1 Å². The molecule has 1 spiro atoms. The lowest BCUT2D eigenvalue weighted by Crippen LogP contribution is -2.50. The van der Waals surface area contributed by atoms with E-state index in [-0.39, 0.29) is 17.6 Å². The predicted octanol–water partition coefficient (Wildman–Crippen LogP) is 3.01. The number of nitrogens with one attached hydrogen (secondary N) is 1. The topological polar surface area (TPSA) is 88.6 Å². The van der Waals surface area contributed by atoms with Gasteiger partial charge in [0.2, 0.25) is 0 Å². The number of benzene rings is 2. The Morgan fingerprint density at radius 3 is 2.59 bits per heavy atom. The Balaban J connectivity index is 1.29. The summed E-state index contributed by atoms with van der Waals surface area (Å²) in [4.78, 5) is 27.2. The molecule has 0 bridgehead atoms. The zero-order valence-electron chi connectivity index (χ0n) is 17.6. The Morgan fingerprint density at radius 2 is 1.84 bits per heavy atom.